The minimum absolute atomic E-state index is 0.0858. The summed E-state index contributed by atoms with van der Waals surface area (Å²) < 4.78 is 38.9. The van der Waals surface area contributed by atoms with Gasteiger partial charge in [-0.1, -0.05) is 18.2 Å². The van der Waals surface area contributed by atoms with Gasteiger partial charge in [0, 0.05) is 24.1 Å². The Bertz CT molecular complexity index is 1400. The fraction of sp³-hybridized carbons (Fsp3) is 0.0476. The lowest BCUT2D eigenvalue weighted by Crippen LogP contribution is -2.05. The maximum absolute atomic E-state index is 13.0. The molecule has 176 valence electrons. The number of anilines is 3. The number of alkyl halides is 3. The minimum atomic E-state index is -4.76. The maximum atomic E-state index is 13.0. The number of nitrogens with one attached hydrogen (secondary N) is 1. The fourth-order valence-electron chi connectivity index (χ4n) is 2.88. The molecule has 0 amide bonds. The van der Waals surface area contributed by atoms with Crippen molar-refractivity contribution in [3.05, 3.63) is 82.8 Å². The molecule has 0 radical (unpaired) electrons. The van der Waals surface area contributed by atoms with Gasteiger partial charge in [0.1, 0.15) is 5.69 Å². The number of benzene rings is 2. The van der Waals surface area contributed by atoms with Crippen molar-refractivity contribution in [3.8, 4) is 11.5 Å². The number of hydrogen-bond acceptors (Lipinski definition) is 10. The summed E-state index contributed by atoms with van der Waals surface area (Å²) in [6, 6.07) is 10.7. The van der Waals surface area contributed by atoms with Gasteiger partial charge >= 0.3 is 6.18 Å². The van der Waals surface area contributed by atoms with Crippen molar-refractivity contribution in [3.63, 3.8) is 0 Å². The van der Waals surface area contributed by atoms with E-state index in [-0.39, 0.29) is 23.1 Å². The molecule has 4 rings (SSSR count). The highest BCUT2D eigenvalue weighted by molar-refractivity contribution is 5.78. The van der Waals surface area contributed by atoms with Crippen molar-refractivity contribution in [1.29, 1.82) is 0 Å². The Labute approximate surface area is 194 Å². The molecule has 0 spiro atoms. The Kier molecular flexibility index (Phi) is 6.26. The molecule has 0 unspecified atom stereocenters. The van der Waals surface area contributed by atoms with Crippen LogP contribution in [0.5, 0.6) is 0 Å². The van der Waals surface area contributed by atoms with Crippen LogP contribution in [0.2, 0.25) is 0 Å². The zero-order valence-corrected chi connectivity index (χ0v) is 17.5. The van der Waals surface area contributed by atoms with Crippen LogP contribution in [-0.2, 0) is 6.18 Å². The topological polar surface area (TPSA) is 157 Å². The minimum Gasteiger partial charge on any atom is -0.382 e. The molecule has 4 aromatic rings. The lowest BCUT2D eigenvalue weighted by molar-refractivity contribution is -0.384. The van der Waals surface area contributed by atoms with E-state index in [1.165, 1.54) is 18.6 Å². The van der Waals surface area contributed by atoms with Gasteiger partial charge in [0.2, 0.25) is 0 Å². The van der Waals surface area contributed by atoms with Gasteiger partial charge in [-0.05, 0) is 24.3 Å². The zero-order valence-electron chi connectivity index (χ0n) is 17.5. The van der Waals surface area contributed by atoms with Crippen LogP contribution in [0.4, 0.5) is 47.6 Å². The normalized spacial score (nSPS) is 11.5. The Morgan fingerprint density at radius 2 is 1.80 bits per heavy atom. The van der Waals surface area contributed by atoms with E-state index >= 15 is 0 Å². The van der Waals surface area contributed by atoms with Crippen LogP contribution in [0.3, 0.4) is 0 Å². The maximum Gasteiger partial charge on any atom is 0.416 e. The van der Waals surface area contributed by atoms with E-state index in [9.17, 15) is 23.3 Å². The number of nitro groups is 1. The van der Waals surface area contributed by atoms with E-state index in [0.29, 0.717) is 23.5 Å². The first-order chi connectivity index (χ1) is 16.7. The van der Waals surface area contributed by atoms with E-state index in [4.69, 9.17) is 5.73 Å². The average molecular weight is 481 g/mol. The number of azo groups is 1. The molecular weight excluding hydrogens is 467 g/mol. The zero-order chi connectivity index (χ0) is 25.0. The van der Waals surface area contributed by atoms with Crippen molar-refractivity contribution in [2.75, 3.05) is 11.1 Å². The first kappa shape index (κ1) is 23.2. The lowest BCUT2D eigenvalue weighted by atomic mass is 10.1. The highest BCUT2D eigenvalue weighted by atomic mass is 19.4. The molecule has 2 aromatic carbocycles. The van der Waals surface area contributed by atoms with Crippen LogP contribution in [0, 0.1) is 10.1 Å². The van der Waals surface area contributed by atoms with Crippen molar-refractivity contribution in [2.24, 2.45) is 10.2 Å². The van der Waals surface area contributed by atoms with Gasteiger partial charge in [-0.2, -0.15) is 13.2 Å². The predicted molar refractivity (Wildman–Crippen MR) is 119 cm³/mol. The molecule has 0 saturated heterocycles. The Morgan fingerprint density at radius 1 is 1.03 bits per heavy atom. The SMILES string of the molecule is Nc1nc(-c2cnccn2)nc(Nc2ccccc2)c1N=Nc1ccc(C(F)(F)F)cc1[N+](=O)[O-]. The highest BCUT2D eigenvalue weighted by Gasteiger charge is 2.33. The molecule has 2 aromatic heterocycles. The third-order valence-corrected chi connectivity index (χ3v) is 4.50. The molecule has 14 heteroatoms. The second kappa shape index (κ2) is 9.46. The summed E-state index contributed by atoms with van der Waals surface area (Å²) in [6.45, 7) is 0. The number of nitrogens with two attached hydrogens (primary N) is 1. The van der Waals surface area contributed by atoms with E-state index < -0.39 is 28.0 Å². The van der Waals surface area contributed by atoms with E-state index in [2.05, 4.69) is 35.5 Å². The lowest BCUT2D eigenvalue weighted by Gasteiger charge is -2.11. The summed E-state index contributed by atoms with van der Waals surface area (Å²) in [6.07, 6.45) is -0.429. The molecule has 3 N–H and O–H groups in total. The molecule has 0 aliphatic carbocycles. The van der Waals surface area contributed by atoms with Crippen LogP contribution < -0.4 is 11.1 Å². The van der Waals surface area contributed by atoms with Gasteiger partial charge in [-0.25, -0.2) is 15.0 Å². The third-order valence-electron chi connectivity index (χ3n) is 4.50. The monoisotopic (exact) mass is 481 g/mol. The van der Waals surface area contributed by atoms with Crippen LogP contribution in [0.25, 0.3) is 11.5 Å². The van der Waals surface area contributed by atoms with Crippen LogP contribution in [0.15, 0.2) is 77.3 Å². The summed E-state index contributed by atoms with van der Waals surface area (Å²) in [4.78, 5) is 27.0. The number of para-hydroxylation sites is 1. The molecule has 0 saturated carbocycles. The quantitative estimate of drug-likeness (QED) is 0.205. The summed E-state index contributed by atoms with van der Waals surface area (Å²) in [5.74, 6) is 0.0496. The molecule has 11 nitrogen and oxygen atoms in total. The highest BCUT2D eigenvalue weighted by Crippen LogP contribution is 2.38. The molecule has 2 heterocycles. The number of nitro benzene ring substituents is 1. The molecule has 0 aliphatic heterocycles. The Balaban J connectivity index is 1.80. The molecule has 0 bridgehead atoms. The summed E-state index contributed by atoms with van der Waals surface area (Å²) in [7, 11) is 0. The van der Waals surface area contributed by atoms with Crippen LogP contribution >= 0.6 is 0 Å². The van der Waals surface area contributed by atoms with Crippen molar-refractivity contribution >= 4 is 34.4 Å². The van der Waals surface area contributed by atoms with E-state index in [0.717, 1.165) is 6.07 Å². The largest absolute Gasteiger partial charge is 0.416 e. The van der Waals surface area contributed by atoms with Gasteiger partial charge < -0.3 is 11.1 Å². The number of halogens is 3. The van der Waals surface area contributed by atoms with Crippen molar-refractivity contribution in [2.45, 2.75) is 6.18 Å². The Hall–Kier alpha value is -5.01. The first-order valence-corrected chi connectivity index (χ1v) is 9.75. The average Bonchev–Trinajstić information content (AvgIpc) is 2.84. The standard InChI is InChI=1S/C21H14F3N9O2/c22-21(23,24)12-6-7-14(16(10-12)33(34)35)31-32-17-18(25)29-19(15-11-26-8-9-27-15)30-20(17)28-13-4-2-1-3-5-13/h1-11H,(H3,25,28,29,30). The van der Waals surface area contributed by atoms with E-state index in [1.54, 1.807) is 30.3 Å². The third kappa shape index (κ3) is 5.32. The van der Waals surface area contributed by atoms with E-state index in [1.807, 2.05) is 0 Å². The second-order valence-corrected chi connectivity index (χ2v) is 6.87. The molecule has 0 fully saturated rings. The number of rotatable bonds is 6. The predicted octanol–water partition coefficient (Wildman–Crippen LogP) is 5.60. The molecule has 0 atom stereocenters. The molecular formula is C21H14F3N9O2. The second-order valence-electron chi connectivity index (χ2n) is 6.87. The number of hydrogen-bond donors (Lipinski definition) is 2. The van der Waals surface area contributed by atoms with Crippen LogP contribution in [-0.4, -0.2) is 24.9 Å². The summed E-state index contributed by atoms with van der Waals surface area (Å²) >= 11 is 0. The fourth-order valence-corrected chi connectivity index (χ4v) is 2.88. The van der Waals surface area contributed by atoms with Gasteiger partial charge in [0.05, 0.1) is 16.7 Å². The number of aromatic nitrogens is 4. The number of nitrogen functional groups attached to an aromatic ring is 1. The van der Waals surface area contributed by atoms with Crippen molar-refractivity contribution < 1.29 is 18.1 Å². The van der Waals surface area contributed by atoms with Gasteiger partial charge in [-0.3, -0.25) is 15.1 Å². The van der Waals surface area contributed by atoms with Crippen LogP contribution in [0.1, 0.15) is 5.56 Å². The summed E-state index contributed by atoms with van der Waals surface area (Å²) in [5, 5.41) is 22.1. The number of nitrogens with zero attached hydrogens (tertiary/aromatic N) is 7. The summed E-state index contributed by atoms with van der Waals surface area (Å²) in [5.41, 5.74) is 4.44. The molecule has 0 aliphatic rings. The van der Waals surface area contributed by atoms with Gasteiger partial charge in [0.25, 0.3) is 5.69 Å². The van der Waals surface area contributed by atoms with Gasteiger partial charge in [-0.15, -0.1) is 10.2 Å². The van der Waals surface area contributed by atoms with Crippen molar-refractivity contribution in [1.82, 2.24) is 19.9 Å². The smallest absolute Gasteiger partial charge is 0.382 e. The molecule has 35 heavy (non-hydrogen) atoms. The van der Waals surface area contributed by atoms with Gasteiger partial charge in [0.15, 0.2) is 28.8 Å². The Morgan fingerprint density at radius 3 is 2.46 bits per heavy atom. The first-order valence-electron chi connectivity index (χ1n) is 9.75.